The summed E-state index contributed by atoms with van der Waals surface area (Å²) in [6.45, 7) is 0. The molecule has 0 aliphatic carbocycles. The van der Waals surface area contributed by atoms with Crippen molar-refractivity contribution in [2.24, 2.45) is 0 Å². The van der Waals surface area contributed by atoms with Crippen molar-refractivity contribution in [3.05, 3.63) is 203 Å². The molecule has 0 radical (unpaired) electrons. The first-order valence-electron chi connectivity index (χ1n) is 14.3. The molecule has 0 aromatic heterocycles. The Balaban J connectivity index is 0.000000229. The Morgan fingerprint density at radius 1 is 0.364 bits per heavy atom. The quantitative estimate of drug-likeness (QED) is 0.157. The lowest BCUT2D eigenvalue weighted by Crippen LogP contribution is -2.02. The number of carbonyl (C=O) groups is 3. The van der Waals surface area contributed by atoms with Gasteiger partial charge in [0.2, 0.25) is 0 Å². The van der Waals surface area contributed by atoms with Crippen LogP contribution in [0.2, 0.25) is 0 Å². The summed E-state index contributed by atoms with van der Waals surface area (Å²) in [4.78, 5) is 38.9. The molecule has 3 nitrogen and oxygen atoms in total. The van der Waals surface area contributed by atoms with E-state index in [0.717, 1.165) is 32.0 Å². The van der Waals surface area contributed by atoms with Gasteiger partial charge in [0.15, 0.2) is 17.3 Å². The highest BCUT2D eigenvalue weighted by molar-refractivity contribution is 7.99. The molecule has 0 saturated carbocycles. The molecule has 0 saturated heterocycles. The van der Waals surface area contributed by atoms with Crippen LogP contribution in [0.25, 0.3) is 0 Å². The Kier molecular flexibility index (Phi) is 10.4. The van der Waals surface area contributed by atoms with E-state index in [9.17, 15) is 14.4 Å². The first kappa shape index (κ1) is 30.1. The van der Waals surface area contributed by atoms with Crippen LogP contribution in [0.1, 0.15) is 47.8 Å². The summed E-state index contributed by atoms with van der Waals surface area (Å²) in [6.07, 6.45) is 0.394. The summed E-state index contributed by atoms with van der Waals surface area (Å²) in [5, 5.41) is 0. The number of benzene rings is 6. The Morgan fingerprint density at radius 2 is 0.682 bits per heavy atom. The van der Waals surface area contributed by atoms with Gasteiger partial charge in [-0.1, -0.05) is 145 Å². The van der Waals surface area contributed by atoms with Gasteiger partial charge in [-0.2, -0.15) is 0 Å². The lowest BCUT2D eigenvalue weighted by molar-refractivity contribution is 0.0990. The molecule has 6 aromatic rings. The molecular weight excluding hydrogens is 561 g/mol. The maximum atomic E-state index is 12.5. The zero-order chi connectivity index (χ0) is 30.6. The van der Waals surface area contributed by atoms with Crippen LogP contribution in [0.15, 0.2) is 180 Å². The standard InChI is InChI=1S/C27H20O2S.C13H10O/c28-26(21-7-3-1-4-8-21)19-20-11-15-24(16-12-20)30-25-17-13-23(14-18-25)27(29)22-9-5-2-6-10-22;14-13(11-7-3-1-4-8-11)12-9-5-2-6-10-12/h1-18H,19H2;1-10H. The van der Waals surface area contributed by atoms with Crippen molar-refractivity contribution in [3.8, 4) is 0 Å². The number of carbonyl (C=O) groups excluding carboxylic acids is 3. The second-order valence-corrected chi connectivity index (χ2v) is 11.1. The molecule has 0 atom stereocenters. The van der Waals surface area contributed by atoms with Gasteiger partial charge in [-0.25, -0.2) is 0 Å². The van der Waals surface area contributed by atoms with E-state index < -0.39 is 0 Å². The van der Waals surface area contributed by atoms with E-state index in [-0.39, 0.29) is 17.3 Å². The molecule has 0 heterocycles. The molecule has 4 heteroatoms. The second-order valence-electron chi connectivity index (χ2n) is 9.99. The monoisotopic (exact) mass is 590 g/mol. The predicted molar refractivity (Wildman–Crippen MR) is 178 cm³/mol. The Labute approximate surface area is 262 Å². The normalized spacial score (nSPS) is 10.3. The van der Waals surface area contributed by atoms with Gasteiger partial charge in [-0.3, -0.25) is 14.4 Å². The van der Waals surface area contributed by atoms with Crippen LogP contribution < -0.4 is 0 Å². The Morgan fingerprint density at radius 3 is 1.07 bits per heavy atom. The molecular formula is C40H30O3S. The summed E-state index contributed by atoms with van der Waals surface area (Å²) in [5.74, 6) is 0.223. The van der Waals surface area contributed by atoms with E-state index in [4.69, 9.17) is 0 Å². The number of rotatable bonds is 9. The van der Waals surface area contributed by atoms with Crippen LogP contribution in [0, 0.1) is 0 Å². The molecule has 44 heavy (non-hydrogen) atoms. The Hall–Kier alpha value is -5.32. The minimum Gasteiger partial charge on any atom is -0.294 e. The van der Waals surface area contributed by atoms with Crippen LogP contribution in [-0.2, 0) is 6.42 Å². The number of hydrogen-bond donors (Lipinski definition) is 0. The van der Waals surface area contributed by atoms with E-state index in [0.29, 0.717) is 17.5 Å². The largest absolute Gasteiger partial charge is 0.294 e. The van der Waals surface area contributed by atoms with E-state index >= 15 is 0 Å². The zero-order valence-electron chi connectivity index (χ0n) is 24.0. The molecule has 0 bridgehead atoms. The molecule has 214 valence electrons. The van der Waals surface area contributed by atoms with Gasteiger partial charge in [0.05, 0.1) is 0 Å². The molecule has 0 spiro atoms. The third-order valence-corrected chi connectivity index (χ3v) is 7.86. The van der Waals surface area contributed by atoms with Crippen molar-refractivity contribution < 1.29 is 14.4 Å². The zero-order valence-corrected chi connectivity index (χ0v) is 24.8. The van der Waals surface area contributed by atoms with Crippen LogP contribution in [0.3, 0.4) is 0 Å². The van der Waals surface area contributed by atoms with Crippen LogP contribution in [0.4, 0.5) is 0 Å². The van der Waals surface area contributed by atoms with Gasteiger partial charge in [-0.05, 0) is 42.0 Å². The summed E-state index contributed by atoms with van der Waals surface area (Å²) in [6, 6.07) is 53.0. The summed E-state index contributed by atoms with van der Waals surface area (Å²) in [7, 11) is 0. The van der Waals surface area contributed by atoms with E-state index in [2.05, 4.69) is 0 Å². The minimum atomic E-state index is 0.0274. The number of hydrogen-bond acceptors (Lipinski definition) is 4. The fourth-order valence-electron chi connectivity index (χ4n) is 4.50. The van der Waals surface area contributed by atoms with Gasteiger partial charge in [-0.15, -0.1) is 0 Å². The molecule has 6 aromatic carbocycles. The molecule has 0 N–H and O–H groups in total. The average Bonchev–Trinajstić information content (AvgIpc) is 3.10. The first-order valence-corrected chi connectivity index (χ1v) is 15.1. The van der Waals surface area contributed by atoms with Crippen molar-refractivity contribution in [1.82, 2.24) is 0 Å². The van der Waals surface area contributed by atoms with Gasteiger partial charge in [0, 0.05) is 44.0 Å². The summed E-state index contributed by atoms with van der Waals surface area (Å²) < 4.78 is 0. The van der Waals surface area contributed by atoms with Gasteiger partial charge in [0.25, 0.3) is 0 Å². The maximum Gasteiger partial charge on any atom is 0.193 e. The summed E-state index contributed by atoms with van der Waals surface area (Å²) >= 11 is 1.63. The van der Waals surface area contributed by atoms with E-state index in [1.807, 2.05) is 170 Å². The van der Waals surface area contributed by atoms with Crippen molar-refractivity contribution >= 4 is 29.1 Å². The molecule has 0 aliphatic heterocycles. The van der Waals surface area contributed by atoms with E-state index in [1.165, 1.54) is 0 Å². The molecule has 0 amide bonds. The van der Waals surface area contributed by atoms with Gasteiger partial charge >= 0.3 is 0 Å². The predicted octanol–water partition coefficient (Wildman–Crippen LogP) is 9.41. The fraction of sp³-hybridized carbons (Fsp3) is 0.0250. The summed E-state index contributed by atoms with van der Waals surface area (Å²) in [5.41, 5.74) is 4.58. The van der Waals surface area contributed by atoms with Crippen LogP contribution >= 0.6 is 11.8 Å². The van der Waals surface area contributed by atoms with Crippen molar-refractivity contribution in [3.63, 3.8) is 0 Å². The Bertz CT molecular complexity index is 1760. The molecule has 0 aliphatic rings. The molecule has 0 unspecified atom stereocenters. The van der Waals surface area contributed by atoms with Crippen molar-refractivity contribution in [2.45, 2.75) is 16.2 Å². The second kappa shape index (κ2) is 15.2. The topological polar surface area (TPSA) is 51.2 Å². The third kappa shape index (κ3) is 8.37. The maximum absolute atomic E-state index is 12.5. The lowest BCUT2D eigenvalue weighted by atomic mass is 10.0. The van der Waals surface area contributed by atoms with Gasteiger partial charge < -0.3 is 0 Å². The molecule has 0 fully saturated rings. The van der Waals surface area contributed by atoms with Crippen molar-refractivity contribution in [1.29, 1.82) is 0 Å². The number of Topliss-reactive ketones (excluding diaryl/α,β-unsaturated/α-hetero) is 1. The lowest BCUT2D eigenvalue weighted by Gasteiger charge is -2.06. The number of ketones is 3. The first-order chi connectivity index (χ1) is 21.6. The van der Waals surface area contributed by atoms with Crippen LogP contribution in [0.5, 0.6) is 0 Å². The average molecular weight is 591 g/mol. The third-order valence-electron chi connectivity index (χ3n) is 6.84. The van der Waals surface area contributed by atoms with Crippen LogP contribution in [-0.4, -0.2) is 17.3 Å². The highest BCUT2D eigenvalue weighted by Gasteiger charge is 2.10. The SMILES string of the molecule is O=C(Cc1ccc(Sc2ccc(C(=O)c3ccccc3)cc2)cc1)c1ccccc1.O=C(c1ccccc1)c1ccccc1. The highest BCUT2D eigenvalue weighted by Crippen LogP contribution is 2.28. The fourth-order valence-corrected chi connectivity index (χ4v) is 5.32. The van der Waals surface area contributed by atoms with Gasteiger partial charge in [0.1, 0.15) is 0 Å². The van der Waals surface area contributed by atoms with E-state index in [1.54, 1.807) is 11.8 Å². The smallest absolute Gasteiger partial charge is 0.193 e. The van der Waals surface area contributed by atoms with Crippen molar-refractivity contribution in [2.75, 3.05) is 0 Å². The highest BCUT2D eigenvalue weighted by atomic mass is 32.2. The molecule has 6 rings (SSSR count). The minimum absolute atomic E-state index is 0.0274.